The van der Waals surface area contributed by atoms with Crippen LogP contribution < -0.4 is 9.47 Å². The maximum absolute atomic E-state index is 12.2. The van der Waals surface area contributed by atoms with E-state index in [1.807, 2.05) is 62.3 Å². The lowest BCUT2D eigenvalue weighted by atomic mass is 10.1. The molecule has 3 nitrogen and oxygen atoms in total. The fourth-order valence-electron chi connectivity index (χ4n) is 1.70. The van der Waals surface area contributed by atoms with Gasteiger partial charge in [-0.3, -0.25) is 0 Å². The number of aromatic nitrogens is 1. The molecule has 3 heteroatoms. The van der Waals surface area contributed by atoms with Crippen molar-refractivity contribution >= 4 is 11.6 Å². The second-order valence-electron chi connectivity index (χ2n) is 4.53. The van der Waals surface area contributed by atoms with Gasteiger partial charge >= 0.3 is 5.91 Å². The van der Waals surface area contributed by atoms with E-state index in [2.05, 4.69) is 0 Å². The van der Waals surface area contributed by atoms with Gasteiger partial charge in [-0.1, -0.05) is 17.7 Å². The van der Waals surface area contributed by atoms with Gasteiger partial charge in [-0.2, -0.15) is 0 Å². The zero-order valence-electron chi connectivity index (χ0n) is 10.9. The van der Waals surface area contributed by atoms with E-state index in [0.717, 1.165) is 11.3 Å². The Balaban J connectivity index is 2.26. The molecule has 2 aromatic rings. The van der Waals surface area contributed by atoms with E-state index in [4.69, 9.17) is 0 Å². The Hall–Kier alpha value is -2.16. The van der Waals surface area contributed by atoms with Crippen LogP contribution in [0.4, 0.5) is 5.69 Å². The molecule has 1 heterocycles. The van der Waals surface area contributed by atoms with Crippen LogP contribution in [0, 0.1) is 6.92 Å². The predicted octanol–water partition coefficient (Wildman–Crippen LogP) is 2.04. The second kappa shape index (κ2) is 5.00. The number of anilines is 1. The van der Waals surface area contributed by atoms with Crippen molar-refractivity contribution in [1.29, 1.82) is 0 Å². The zero-order chi connectivity index (χ0) is 13.1. The van der Waals surface area contributed by atoms with E-state index >= 15 is 0 Å². The maximum atomic E-state index is 12.2. The monoisotopic (exact) mass is 241 g/mol. The normalized spacial score (nSPS) is 10.2. The molecule has 2 rings (SSSR count). The Morgan fingerprint density at radius 2 is 1.56 bits per heavy atom. The standard InChI is InChI=1S/C15H17N2O/c1-12-4-6-13(7-5-12)15(18)17-10-8-14(9-11-17)16(2)3/h4-11H,1-3H3/q+1. The molecule has 1 aromatic heterocycles. The summed E-state index contributed by atoms with van der Waals surface area (Å²) >= 11 is 0. The van der Waals surface area contributed by atoms with Crippen LogP contribution in [0.25, 0.3) is 0 Å². The van der Waals surface area contributed by atoms with Gasteiger partial charge in [-0.05, 0) is 19.1 Å². The van der Waals surface area contributed by atoms with Crippen LogP contribution in [0.2, 0.25) is 0 Å². The first-order valence-electron chi connectivity index (χ1n) is 5.88. The Kier molecular flexibility index (Phi) is 3.42. The number of pyridine rings is 1. The van der Waals surface area contributed by atoms with Gasteiger partial charge in [-0.15, -0.1) is 4.57 Å². The summed E-state index contributed by atoms with van der Waals surface area (Å²) in [6.45, 7) is 2.01. The molecule has 0 saturated carbocycles. The van der Waals surface area contributed by atoms with Crippen LogP contribution in [0.3, 0.4) is 0 Å². The Bertz CT molecular complexity index is 542. The molecule has 0 N–H and O–H groups in total. The quantitative estimate of drug-likeness (QED) is 0.751. The highest BCUT2D eigenvalue weighted by atomic mass is 16.2. The van der Waals surface area contributed by atoms with Crippen LogP contribution >= 0.6 is 0 Å². The molecular weight excluding hydrogens is 224 g/mol. The number of benzene rings is 1. The smallest absolute Gasteiger partial charge is 0.377 e. The molecule has 1 aromatic carbocycles. The maximum Gasteiger partial charge on any atom is 0.424 e. The number of hydrogen-bond donors (Lipinski definition) is 0. The van der Waals surface area contributed by atoms with Crippen molar-refractivity contribution in [1.82, 2.24) is 0 Å². The number of rotatable bonds is 2. The first kappa shape index (κ1) is 12.3. The zero-order valence-corrected chi connectivity index (χ0v) is 10.9. The van der Waals surface area contributed by atoms with Gasteiger partial charge in [0.15, 0.2) is 12.4 Å². The lowest BCUT2D eigenvalue weighted by molar-refractivity contribution is -0.570. The van der Waals surface area contributed by atoms with Crippen LogP contribution in [-0.2, 0) is 0 Å². The van der Waals surface area contributed by atoms with E-state index in [0.29, 0.717) is 5.56 Å². The third kappa shape index (κ3) is 2.56. The van der Waals surface area contributed by atoms with Gasteiger partial charge in [-0.25, -0.2) is 4.79 Å². The lowest BCUT2D eigenvalue weighted by Gasteiger charge is -2.09. The largest absolute Gasteiger partial charge is 0.424 e. The minimum atomic E-state index is -0.0136. The summed E-state index contributed by atoms with van der Waals surface area (Å²) in [7, 11) is 3.95. The average Bonchev–Trinajstić information content (AvgIpc) is 2.39. The summed E-state index contributed by atoms with van der Waals surface area (Å²) in [5.74, 6) is -0.0136. The molecule has 0 spiro atoms. The van der Waals surface area contributed by atoms with Crippen molar-refractivity contribution in [3.8, 4) is 0 Å². The van der Waals surface area contributed by atoms with Crippen molar-refractivity contribution in [2.75, 3.05) is 19.0 Å². The Morgan fingerprint density at radius 3 is 2.06 bits per heavy atom. The van der Waals surface area contributed by atoms with Gasteiger partial charge in [0.1, 0.15) is 0 Å². The van der Waals surface area contributed by atoms with Gasteiger partial charge in [0, 0.05) is 31.9 Å². The molecule has 0 unspecified atom stereocenters. The summed E-state index contributed by atoms with van der Waals surface area (Å²) in [5, 5.41) is 0. The van der Waals surface area contributed by atoms with Crippen LogP contribution in [0.5, 0.6) is 0 Å². The van der Waals surface area contributed by atoms with Gasteiger partial charge < -0.3 is 4.90 Å². The molecule has 0 aliphatic rings. The first-order chi connectivity index (χ1) is 8.58. The summed E-state index contributed by atoms with van der Waals surface area (Å²) in [4.78, 5) is 14.2. The van der Waals surface area contributed by atoms with Gasteiger partial charge in [0.25, 0.3) is 0 Å². The third-order valence-electron chi connectivity index (χ3n) is 2.86. The number of carbonyl (C=O) groups is 1. The van der Waals surface area contributed by atoms with E-state index in [9.17, 15) is 4.79 Å². The fraction of sp³-hybridized carbons (Fsp3) is 0.200. The van der Waals surface area contributed by atoms with Crippen LogP contribution in [-0.4, -0.2) is 20.0 Å². The Labute approximate surface area is 107 Å². The van der Waals surface area contributed by atoms with Crippen LogP contribution in [0.15, 0.2) is 48.8 Å². The number of hydrogen-bond acceptors (Lipinski definition) is 2. The summed E-state index contributed by atoms with van der Waals surface area (Å²) in [5.41, 5.74) is 2.92. The van der Waals surface area contributed by atoms with E-state index < -0.39 is 0 Å². The molecule has 0 fully saturated rings. The molecule has 18 heavy (non-hydrogen) atoms. The minimum absolute atomic E-state index is 0.0136. The molecule has 0 radical (unpaired) electrons. The molecule has 0 bridgehead atoms. The highest BCUT2D eigenvalue weighted by Gasteiger charge is 2.16. The molecule has 0 aliphatic carbocycles. The van der Waals surface area contributed by atoms with Crippen LogP contribution in [0.1, 0.15) is 15.9 Å². The number of carbonyl (C=O) groups excluding carboxylic acids is 1. The van der Waals surface area contributed by atoms with E-state index in [1.165, 1.54) is 0 Å². The van der Waals surface area contributed by atoms with Crippen molar-refractivity contribution < 1.29 is 9.36 Å². The van der Waals surface area contributed by atoms with E-state index in [-0.39, 0.29) is 5.91 Å². The summed E-state index contributed by atoms with van der Waals surface area (Å²) < 4.78 is 1.59. The molecule has 0 atom stereocenters. The van der Waals surface area contributed by atoms with Crippen molar-refractivity contribution in [2.45, 2.75) is 6.92 Å². The Morgan fingerprint density at radius 1 is 1.00 bits per heavy atom. The number of aryl methyl sites for hydroxylation is 1. The molecular formula is C15H17N2O+. The van der Waals surface area contributed by atoms with Crippen molar-refractivity contribution in [2.24, 2.45) is 0 Å². The van der Waals surface area contributed by atoms with Gasteiger partial charge in [0.2, 0.25) is 0 Å². The third-order valence-corrected chi connectivity index (χ3v) is 2.86. The first-order valence-corrected chi connectivity index (χ1v) is 5.88. The summed E-state index contributed by atoms with van der Waals surface area (Å²) in [6, 6.07) is 11.4. The van der Waals surface area contributed by atoms with E-state index in [1.54, 1.807) is 17.0 Å². The molecule has 92 valence electrons. The highest BCUT2D eigenvalue weighted by molar-refractivity contribution is 5.87. The van der Waals surface area contributed by atoms with Crippen molar-refractivity contribution in [3.63, 3.8) is 0 Å². The molecule has 0 aliphatic heterocycles. The molecule has 0 saturated heterocycles. The number of nitrogens with zero attached hydrogens (tertiary/aromatic N) is 2. The lowest BCUT2D eigenvalue weighted by Crippen LogP contribution is -2.42. The predicted molar refractivity (Wildman–Crippen MR) is 71.9 cm³/mol. The molecule has 0 amide bonds. The second-order valence-corrected chi connectivity index (χ2v) is 4.53. The minimum Gasteiger partial charge on any atom is -0.377 e. The SMILES string of the molecule is Cc1ccc(C(=O)[n+]2ccc(N(C)C)cc2)cc1. The summed E-state index contributed by atoms with van der Waals surface area (Å²) in [6.07, 6.45) is 3.58. The highest BCUT2D eigenvalue weighted by Crippen LogP contribution is 2.07. The van der Waals surface area contributed by atoms with Crippen molar-refractivity contribution in [3.05, 3.63) is 59.9 Å². The fourth-order valence-corrected chi connectivity index (χ4v) is 1.70. The van der Waals surface area contributed by atoms with Gasteiger partial charge in [0.05, 0.1) is 5.56 Å². The average molecular weight is 241 g/mol. The topological polar surface area (TPSA) is 24.2 Å².